The van der Waals surface area contributed by atoms with Gasteiger partial charge in [0.25, 0.3) is 0 Å². The molecule has 1 saturated heterocycles. The van der Waals surface area contributed by atoms with Crippen molar-refractivity contribution in [2.75, 3.05) is 13.3 Å². The molecule has 0 aromatic carbocycles. The van der Waals surface area contributed by atoms with Crippen LogP contribution in [-0.4, -0.2) is 28.4 Å². The number of terminal acetylenes is 1. The zero-order chi connectivity index (χ0) is 15.6. The zero-order valence-electron chi connectivity index (χ0n) is 12.4. The summed E-state index contributed by atoms with van der Waals surface area (Å²) in [5.74, 6) is 2.71. The lowest BCUT2D eigenvalue weighted by Crippen LogP contribution is -2.32. The molecule has 0 saturated carbocycles. The van der Waals surface area contributed by atoms with Crippen LogP contribution in [0.1, 0.15) is 30.5 Å². The second kappa shape index (κ2) is 6.17. The van der Waals surface area contributed by atoms with Gasteiger partial charge in [-0.2, -0.15) is 0 Å². The first-order valence-electron chi connectivity index (χ1n) is 6.63. The van der Waals surface area contributed by atoms with Crippen LogP contribution in [-0.2, 0) is 9.26 Å². The Kier molecular flexibility index (Phi) is 4.70. The SMILES string of the molecule is C#C[C@@]1(COP(C)N)CC[C@H](n2cnc(C(=C)N)c2C)O1. The third kappa shape index (κ3) is 3.28. The molecular formula is C14H21N4O2P. The molecular weight excluding hydrogens is 287 g/mol. The number of imidazole rings is 1. The maximum atomic E-state index is 6.05. The standard InChI is InChI=1S/C14H21N4O2P/c1-5-14(8-19-21(4)16)7-6-12(20-14)18-9-17-13(10(2)15)11(18)3/h1,9,12H,2,6-8,15-16H2,3-4H3/t12-,14+,21?/m1/s1. The highest BCUT2D eigenvalue weighted by molar-refractivity contribution is 7.49. The fraction of sp³-hybridized carbons (Fsp3) is 0.500. The van der Waals surface area contributed by atoms with Crippen LogP contribution in [0, 0.1) is 19.3 Å². The molecule has 1 aromatic heterocycles. The lowest BCUT2D eigenvalue weighted by Gasteiger charge is -2.25. The zero-order valence-corrected chi connectivity index (χ0v) is 13.3. The van der Waals surface area contributed by atoms with Gasteiger partial charge in [-0.3, -0.25) is 5.50 Å². The molecule has 4 N–H and O–H groups in total. The van der Waals surface area contributed by atoms with Crippen molar-refractivity contribution in [2.24, 2.45) is 11.2 Å². The Morgan fingerprint density at radius 2 is 2.52 bits per heavy atom. The Bertz CT molecular complexity index is 578. The molecule has 3 atom stereocenters. The van der Waals surface area contributed by atoms with E-state index in [4.69, 9.17) is 26.9 Å². The molecule has 6 nitrogen and oxygen atoms in total. The maximum absolute atomic E-state index is 6.05. The second-order valence-corrected chi connectivity index (χ2v) is 6.53. The van der Waals surface area contributed by atoms with Gasteiger partial charge < -0.3 is 19.6 Å². The van der Waals surface area contributed by atoms with Crippen LogP contribution >= 0.6 is 8.30 Å². The predicted octanol–water partition coefficient (Wildman–Crippen LogP) is 1.72. The van der Waals surface area contributed by atoms with E-state index in [2.05, 4.69) is 17.5 Å². The van der Waals surface area contributed by atoms with Crippen molar-refractivity contribution >= 4 is 14.0 Å². The molecule has 21 heavy (non-hydrogen) atoms. The monoisotopic (exact) mass is 308 g/mol. The summed E-state index contributed by atoms with van der Waals surface area (Å²) in [6.07, 6.45) is 8.67. The molecule has 1 fully saturated rings. The number of rotatable bonds is 5. The van der Waals surface area contributed by atoms with Crippen molar-refractivity contribution in [3.05, 3.63) is 24.3 Å². The topological polar surface area (TPSA) is 88.3 Å². The summed E-state index contributed by atoms with van der Waals surface area (Å²) in [6, 6.07) is 0. The fourth-order valence-electron chi connectivity index (χ4n) is 2.42. The third-order valence-corrected chi connectivity index (χ3v) is 4.11. The van der Waals surface area contributed by atoms with Gasteiger partial charge in [0.05, 0.1) is 26.9 Å². The summed E-state index contributed by atoms with van der Waals surface area (Å²) in [4.78, 5) is 4.27. The number of hydrogen-bond acceptors (Lipinski definition) is 5. The molecule has 0 radical (unpaired) electrons. The van der Waals surface area contributed by atoms with Crippen LogP contribution < -0.4 is 11.2 Å². The first-order valence-corrected chi connectivity index (χ1v) is 8.41. The Morgan fingerprint density at radius 3 is 3.05 bits per heavy atom. The third-order valence-electron chi connectivity index (χ3n) is 3.58. The van der Waals surface area contributed by atoms with E-state index >= 15 is 0 Å². The normalized spacial score (nSPS) is 26.5. The average molecular weight is 308 g/mol. The van der Waals surface area contributed by atoms with Crippen molar-refractivity contribution < 1.29 is 9.26 Å². The summed E-state index contributed by atoms with van der Waals surface area (Å²) < 4.78 is 13.5. The molecule has 0 spiro atoms. The average Bonchev–Trinajstić information content (AvgIpc) is 3.01. The van der Waals surface area contributed by atoms with Crippen LogP contribution in [0.2, 0.25) is 0 Å². The van der Waals surface area contributed by atoms with E-state index in [-0.39, 0.29) is 6.23 Å². The quantitative estimate of drug-likeness (QED) is 0.638. The first-order chi connectivity index (χ1) is 9.88. The molecule has 0 amide bonds. The second-order valence-electron chi connectivity index (χ2n) is 5.18. The Labute approximate surface area is 126 Å². The number of nitrogens with zero attached hydrogens (tertiary/aromatic N) is 2. The number of aromatic nitrogens is 2. The Balaban J connectivity index is 2.14. The summed E-state index contributed by atoms with van der Waals surface area (Å²) in [5, 5.41) is 0. The van der Waals surface area contributed by atoms with Gasteiger partial charge in [-0.25, -0.2) is 4.98 Å². The van der Waals surface area contributed by atoms with Gasteiger partial charge in [0.2, 0.25) is 0 Å². The first kappa shape index (κ1) is 16.0. The lowest BCUT2D eigenvalue weighted by atomic mass is 10.0. The molecule has 1 aliphatic heterocycles. The van der Waals surface area contributed by atoms with E-state index in [0.717, 1.165) is 12.1 Å². The van der Waals surface area contributed by atoms with E-state index < -0.39 is 13.9 Å². The molecule has 114 valence electrons. The highest BCUT2D eigenvalue weighted by Crippen LogP contribution is 2.39. The summed E-state index contributed by atoms with van der Waals surface area (Å²) >= 11 is 0. The van der Waals surface area contributed by atoms with Crippen molar-refractivity contribution in [3.63, 3.8) is 0 Å². The van der Waals surface area contributed by atoms with Crippen LogP contribution in [0.4, 0.5) is 0 Å². The Hall–Kier alpha value is -1.38. The largest absolute Gasteiger partial charge is 0.397 e. The van der Waals surface area contributed by atoms with Gasteiger partial charge in [-0.05, 0) is 26.4 Å². The highest BCUT2D eigenvalue weighted by atomic mass is 31.2. The van der Waals surface area contributed by atoms with Gasteiger partial charge in [0.1, 0.15) is 11.9 Å². The van der Waals surface area contributed by atoms with E-state index in [0.29, 0.717) is 24.4 Å². The molecule has 0 bridgehead atoms. The molecule has 1 unspecified atom stereocenters. The summed E-state index contributed by atoms with van der Waals surface area (Å²) in [7, 11) is -0.956. The van der Waals surface area contributed by atoms with E-state index in [1.807, 2.05) is 18.2 Å². The van der Waals surface area contributed by atoms with E-state index in [1.54, 1.807) is 6.33 Å². The minimum Gasteiger partial charge on any atom is -0.397 e. The van der Waals surface area contributed by atoms with Gasteiger partial charge in [0, 0.05) is 5.69 Å². The molecule has 2 rings (SSSR count). The van der Waals surface area contributed by atoms with E-state index in [9.17, 15) is 0 Å². The fourth-order valence-corrected chi connectivity index (χ4v) is 2.83. The van der Waals surface area contributed by atoms with Crippen molar-refractivity contribution in [3.8, 4) is 12.3 Å². The summed E-state index contributed by atoms with van der Waals surface area (Å²) in [5.41, 5.74) is 12.7. The smallest absolute Gasteiger partial charge is 0.154 e. The van der Waals surface area contributed by atoms with Crippen molar-refractivity contribution in [1.82, 2.24) is 9.55 Å². The Morgan fingerprint density at radius 1 is 1.81 bits per heavy atom. The predicted molar refractivity (Wildman–Crippen MR) is 84.1 cm³/mol. The molecule has 2 heterocycles. The lowest BCUT2D eigenvalue weighted by molar-refractivity contribution is -0.0572. The van der Waals surface area contributed by atoms with Crippen molar-refractivity contribution in [2.45, 2.75) is 31.6 Å². The number of hydrogen-bond donors (Lipinski definition) is 2. The van der Waals surface area contributed by atoms with E-state index in [1.165, 1.54) is 0 Å². The molecule has 0 aliphatic carbocycles. The van der Waals surface area contributed by atoms with Crippen LogP contribution in [0.5, 0.6) is 0 Å². The molecule has 1 aliphatic rings. The van der Waals surface area contributed by atoms with Gasteiger partial charge in [-0.15, -0.1) is 6.42 Å². The highest BCUT2D eigenvalue weighted by Gasteiger charge is 2.40. The molecule has 7 heteroatoms. The van der Waals surface area contributed by atoms with Gasteiger partial charge >= 0.3 is 0 Å². The maximum Gasteiger partial charge on any atom is 0.154 e. The van der Waals surface area contributed by atoms with Crippen LogP contribution in [0.3, 0.4) is 0 Å². The minimum absolute atomic E-state index is 0.175. The number of nitrogens with two attached hydrogens (primary N) is 2. The number of ether oxygens (including phenoxy) is 1. The molecule has 1 aromatic rings. The van der Waals surface area contributed by atoms with Crippen LogP contribution in [0.25, 0.3) is 5.70 Å². The van der Waals surface area contributed by atoms with Crippen LogP contribution in [0.15, 0.2) is 12.9 Å². The van der Waals surface area contributed by atoms with Gasteiger partial charge in [-0.1, -0.05) is 12.5 Å². The summed E-state index contributed by atoms with van der Waals surface area (Å²) in [6.45, 7) is 7.78. The van der Waals surface area contributed by atoms with Gasteiger partial charge in [0.15, 0.2) is 5.60 Å². The minimum atomic E-state index is -0.956. The van der Waals surface area contributed by atoms with Crippen molar-refractivity contribution in [1.29, 1.82) is 0 Å².